The Balaban J connectivity index is 0.00000171. The Morgan fingerprint density at radius 1 is 1.29 bits per heavy atom. The van der Waals surface area contributed by atoms with Gasteiger partial charge in [-0.3, -0.25) is 21.2 Å². The topological polar surface area (TPSA) is 138 Å². The monoisotopic (exact) mass is 694 g/mol. The number of anilines is 2. The van der Waals surface area contributed by atoms with Crippen molar-refractivity contribution in [2.45, 2.75) is 38.8 Å². The maximum atomic E-state index is 13.6. The molecule has 10 nitrogen and oxygen atoms in total. The molecular weight excluding hydrogens is 670 g/mol. The fraction of sp³-hybridized carbons (Fsp3) is 0.250. The van der Waals surface area contributed by atoms with Gasteiger partial charge in [0.15, 0.2) is 5.82 Å². The predicted molar refractivity (Wildman–Crippen MR) is 129 cm³/mol. The largest absolute Gasteiger partial charge is 2.00 e. The Bertz CT molecular complexity index is 1500. The van der Waals surface area contributed by atoms with E-state index in [-0.39, 0.29) is 67.9 Å². The van der Waals surface area contributed by atoms with Crippen LogP contribution in [0.3, 0.4) is 0 Å². The van der Waals surface area contributed by atoms with Crippen LogP contribution in [0.25, 0.3) is 22.4 Å². The van der Waals surface area contributed by atoms with Gasteiger partial charge in [-0.1, -0.05) is 22.9 Å². The minimum Gasteiger partial charge on any atom is -0.383 e. The van der Waals surface area contributed by atoms with Gasteiger partial charge in [-0.2, -0.15) is 11.9 Å². The second kappa shape index (κ2) is 10.5. The van der Waals surface area contributed by atoms with Gasteiger partial charge in [-0.15, -0.1) is 0 Å². The predicted octanol–water partition coefficient (Wildman–Crippen LogP) is 3.27. The summed E-state index contributed by atoms with van der Waals surface area (Å²) >= 11 is 0. The third-order valence-corrected chi connectivity index (χ3v) is 5.45. The second-order valence-electron chi connectivity index (χ2n) is 7.87. The maximum absolute atomic E-state index is 13.6. The zero-order valence-corrected chi connectivity index (χ0v) is 23.8. The van der Waals surface area contributed by atoms with Crippen molar-refractivity contribution in [1.29, 1.82) is 0 Å². The number of aromatic nitrogens is 6. The molecule has 1 aliphatic rings. The molecule has 35 heavy (non-hydrogen) atoms. The summed E-state index contributed by atoms with van der Waals surface area (Å²) in [5.41, 5.74) is 7.60. The molecule has 3 heterocycles. The van der Waals surface area contributed by atoms with E-state index in [1.165, 1.54) is 6.33 Å². The SMILES string of the molecule is [CH2-]C#Cc1cccc2nc([C@H](C)Nc3ncnc(N)c3-c3nc(C)no3)n(C3CC3)c(=O)c12.[CH3-].[U+2]. The fourth-order valence-corrected chi connectivity index (χ4v) is 3.84. The molecule has 1 atom stereocenters. The molecule has 3 aromatic heterocycles. The standard InChI is InChI=1S/C23H21N8O2.CH3.U/c1-4-6-14-7-5-8-16-17(14)23(32)31(15-9-10-15)21(29-16)12(2)27-20-18(19(24)25-11-26-20)22-28-13(3)30-33-22;;/h5,7-8,11-12,15H,1,9-10H2,2-3H3,(H3,24,25,26,27);1H3;/q2*-1;+2/t12-;;/m0../s1. The van der Waals surface area contributed by atoms with Crippen LogP contribution in [0.1, 0.15) is 49.1 Å². The first kappa shape index (κ1) is 26.3. The van der Waals surface area contributed by atoms with Crippen LogP contribution >= 0.6 is 0 Å². The third-order valence-electron chi connectivity index (χ3n) is 5.45. The molecule has 5 rings (SSSR count). The Morgan fingerprint density at radius 2 is 2.06 bits per heavy atom. The number of benzene rings is 1. The third kappa shape index (κ3) is 4.90. The minimum absolute atomic E-state index is 0. The molecule has 11 heteroatoms. The van der Waals surface area contributed by atoms with E-state index in [1.807, 2.05) is 25.1 Å². The average molecular weight is 695 g/mol. The summed E-state index contributed by atoms with van der Waals surface area (Å²) in [5, 5.41) is 7.64. The quantitative estimate of drug-likeness (QED) is 0.238. The van der Waals surface area contributed by atoms with E-state index in [0.29, 0.717) is 39.5 Å². The van der Waals surface area contributed by atoms with E-state index in [0.717, 1.165) is 12.8 Å². The van der Waals surface area contributed by atoms with Crippen molar-refractivity contribution in [1.82, 2.24) is 29.7 Å². The van der Waals surface area contributed by atoms with Crippen LogP contribution in [0.5, 0.6) is 0 Å². The Kier molecular flexibility index (Phi) is 7.89. The van der Waals surface area contributed by atoms with Crippen LogP contribution in [0.4, 0.5) is 11.6 Å². The minimum atomic E-state index is -0.387. The van der Waals surface area contributed by atoms with Crippen LogP contribution in [0.15, 0.2) is 33.8 Å². The molecule has 0 radical (unpaired) electrons. The second-order valence-corrected chi connectivity index (χ2v) is 7.87. The molecule has 0 aliphatic heterocycles. The normalized spacial score (nSPS) is 13.2. The van der Waals surface area contributed by atoms with Crippen LogP contribution in [-0.2, 0) is 0 Å². The van der Waals surface area contributed by atoms with Crippen LogP contribution < -0.4 is 16.6 Å². The summed E-state index contributed by atoms with van der Waals surface area (Å²) in [5.74, 6) is 7.43. The van der Waals surface area contributed by atoms with Crippen molar-refractivity contribution >= 4 is 22.5 Å². The van der Waals surface area contributed by atoms with Gasteiger partial charge >= 0.3 is 31.1 Å². The molecule has 0 saturated heterocycles. The average Bonchev–Trinajstić information content (AvgIpc) is 3.54. The number of rotatable bonds is 5. The molecule has 0 bridgehead atoms. The molecule has 0 unspecified atom stereocenters. The number of nitrogens with two attached hydrogens (primary N) is 1. The maximum Gasteiger partial charge on any atom is 2.00 e. The van der Waals surface area contributed by atoms with E-state index in [4.69, 9.17) is 15.2 Å². The molecule has 1 aromatic carbocycles. The molecule has 1 aliphatic carbocycles. The summed E-state index contributed by atoms with van der Waals surface area (Å²) in [6.45, 7) is 7.20. The number of nitrogens with zero attached hydrogens (tertiary/aromatic N) is 6. The zero-order valence-electron chi connectivity index (χ0n) is 19.7. The molecule has 176 valence electrons. The van der Waals surface area contributed by atoms with Crippen molar-refractivity contribution in [3.8, 4) is 23.3 Å². The van der Waals surface area contributed by atoms with Gasteiger partial charge in [-0.25, -0.2) is 15.0 Å². The molecule has 1 saturated carbocycles. The van der Waals surface area contributed by atoms with Crippen molar-refractivity contribution < 1.29 is 35.6 Å². The summed E-state index contributed by atoms with van der Waals surface area (Å²) in [6, 6.07) is 5.17. The fourth-order valence-electron chi connectivity index (χ4n) is 3.84. The van der Waals surface area contributed by atoms with Gasteiger partial charge in [0.1, 0.15) is 29.4 Å². The van der Waals surface area contributed by atoms with Crippen LogP contribution in [0.2, 0.25) is 0 Å². The summed E-state index contributed by atoms with van der Waals surface area (Å²) in [4.78, 5) is 31.0. The first-order valence-electron chi connectivity index (χ1n) is 10.5. The summed E-state index contributed by atoms with van der Waals surface area (Å²) in [6.07, 6.45) is 3.19. The van der Waals surface area contributed by atoms with E-state index in [9.17, 15) is 4.79 Å². The molecule has 0 amide bonds. The van der Waals surface area contributed by atoms with E-state index in [1.54, 1.807) is 11.5 Å². The Labute approximate surface area is 226 Å². The van der Waals surface area contributed by atoms with Gasteiger partial charge in [0.2, 0.25) is 0 Å². The molecular formula is C24H24N8O2U. The molecule has 3 N–H and O–H groups in total. The van der Waals surface area contributed by atoms with Gasteiger partial charge < -0.3 is 23.0 Å². The first-order chi connectivity index (χ1) is 16.0. The first-order valence-corrected chi connectivity index (χ1v) is 10.5. The van der Waals surface area contributed by atoms with Crippen molar-refractivity contribution in [2.24, 2.45) is 0 Å². The van der Waals surface area contributed by atoms with E-state index >= 15 is 0 Å². The summed E-state index contributed by atoms with van der Waals surface area (Å²) in [7, 11) is 0. The van der Waals surface area contributed by atoms with E-state index in [2.05, 4.69) is 44.2 Å². The van der Waals surface area contributed by atoms with Crippen molar-refractivity contribution in [2.75, 3.05) is 11.1 Å². The van der Waals surface area contributed by atoms with Crippen molar-refractivity contribution in [3.63, 3.8) is 0 Å². The van der Waals surface area contributed by atoms with Crippen LogP contribution in [0, 0.1) is 64.2 Å². The molecule has 4 aromatic rings. The number of fused-ring (bicyclic) bond motifs is 1. The Hall–Kier alpha value is -3.34. The van der Waals surface area contributed by atoms with Gasteiger partial charge in [-0.05, 0) is 32.8 Å². The smallest absolute Gasteiger partial charge is 0.383 e. The van der Waals surface area contributed by atoms with Gasteiger partial charge in [0, 0.05) is 6.04 Å². The molecule has 1 fully saturated rings. The van der Waals surface area contributed by atoms with Gasteiger partial charge in [0.25, 0.3) is 11.4 Å². The molecule has 0 spiro atoms. The number of nitrogen functional groups attached to an aromatic ring is 1. The van der Waals surface area contributed by atoms with Crippen molar-refractivity contribution in [3.05, 3.63) is 66.4 Å². The number of aryl methyl sites for hydroxylation is 1. The van der Waals surface area contributed by atoms with E-state index < -0.39 is 0 Å². The zero-order chi connectivity index (χ0) is 23.1. The number of hydrogen-bond donors (Lipinski definition) is 2. The number of hydrogen-bond acceptors (Lipinski definition) is 9. The number of nitrogens with one attached hydrogen (secondary N) is 1. The van der Waals surface area contributed by atoms with Gasteiger partial charge in [0.05, 0.1) is 16.9 Å². The Morgan fingerprint density at radius 3 is 2.71 bits per heavy atom. The summed E-state index contributed by atoms with van der Waals surface area (Å²) < 4.78 is 7.05. The van der Waals surface area contributed by atoms with Crippen LogP contribution in [-0.4, -0.2) is 29.7 Å².